The fourth-order valence-corrected chi connectivity index (χ4v) is 2.81. The molecule has 0 saturated heterocycles. The van der Waals surface area contributed by atoms with E-state index < -0.39 is 5.97 Å². The molecule has 0 spiro atoms. The van der Waals surface area contributed by atoms with Crippen molar-refractivity contribution < 1.29 is 9.53 Å². The summed E-state index contributed by atoms with van der Waals surface area (Å²) in [7, 11) is 0. The number of nitrogens with one attached hydrogen (secondary N) is 2. The molecule has 0 aliphatic heterocycles. The summed E-state index contributed by atoms with van der Waals surface area (Å²) in [5.41, 5.74) is 2.99. The first kappa shape index (κ1) is 16.7. The summed E-state index contributed by atoms with van der Waals surface area (Å²) in [6, 6.07) is 16.5. The highest BCUT2D eigenvalue weighted by Gasteiger charge is 2.14. The number of aryl methyl sites for hydroxylation is 1. The number of para-hydroxylation sites is 1. The summed E-state index contributed by atoms with van der Waals surface area (Å²) in [4.78, 5) is 31.5. The van der Waals surface area contributed by atoms with Crippen LogP contribution in [0, 0.1) is 6.92 Å². The van der Waals surface area contributed by atoms with E-state index in [0.29, 0.717) is 16.6 Å². The summed E-state index contributed by atoms with van der Waals surface area (Å²) >= 11 is 0. The number of aromatic nitrogens is 4. The molecule has 0 aliphatic rings. The molecule has 2 aromatic carbocycles. The van der Waals surface area contributed by atoms with Crippen LogP contribution in [-0.4, -0.2) is 26.1 Å². The van der Waals surface area contributed by atoms with Gasteiger partial charge in [0.05, 0.1) is 16.6 Å². The van der Waals surface area contributed by atoms with Crippen LogP contribution in [0.1, 0.15) is 21.9 Å². The van der Waals surface area contributed by atoms with Crippen molar-refractivity contribution in [3.8, 4) is 11.3 Å². The minimum absolute atomic E-state index is 0.141. The molecular weight excluding hydrogens is 344 g/mol. The molecule has 0 saturated carbocycles. The molecule has 0 bridgehead atoms. The lowest BCUT2D eigenvalue weighted by Crippen LogP contribution is -2.15. The first-order valence-electron chi connectivity index (χ1n) is 8.38. The molecule has 27 heavy (non-hydrogen) atoms. The van der Waals surface area contributed by atoms with E-state index in [1.54, 1.807) is 18.2 Å². The maximum absolute atomic E-state index is 12.3. The van der Waals surface area contributed by atoms with Crippen molar-refractivity contribution in [3.05, 3.63) is 82.0 Å². The Morgan fingerprint density at radius 3 is 2.74 bits per heavy atom. The minimum atomic E-state index is -0.572. The van der Waals surface area contributed by atoms with E-state index in [0.717, 1.165) is 11.1 Å². The smallest absolute Gasteiger partial charge is 0.356 e. The number of carbonyl (C=O) groups excluding carboxylic acids is 1. The highest BCUT2D eigenvalue weighted by atomic mass is 16.5. The number of carbonyl (C=O) groups is 1. The molecule has 2 N–H and O–H groups in total. The summed E-state index contributed by atoms with van der Waals surface area (Å²) < 4.78 is 5.26. The van der Waals surface area contributed by atoms with Crippen molar-refractivity contribution in [2.45, 2.75) is 13.5 Å². The highest BCUT2D eigenvalue weighted by molar-refractivity contribution is 5.88. The molecule has 0 fully saturated rings. The van der Waals surface area contributed by atoms with Gasteiger partial charge in [0.25, 0.3) is 5.56 Å². The summed E-state index contributed by atoms with van der Waals surface area (Å²) in [6.07, 6.45) is 0. The zero-order valence-corrected chi connectivity index (χ0v) is 14.5. The van der Waals surface area contributed by atoms with Gasteiger partial charge in [-0.1, -0.05) is 42.5 Å². The summed E-state index contributed by atoms with van der Waals surface area (Å²) in [5.74, 6) is -0.282. The highest BCUT2D eigenvalue weighted by Crippen LogP contribution is 2.17. The number of H-pyrrole nitrogens is 2. The van der Waals surface area contributed by atoms with E-state index in [4.69, 9.17) is 4.74 Å². The Hall–Kier alpha value is -3.74. The lowest BCUT2D eigenvalue weighted by Gasteiger charge is -2.05. The molecule has 0 aliphatic carbocycles. The number of esters is 1. The van der Waals surface area contributed by atoms with Gasteiger partial charge >= 0.3 is 5.97 Å². The zero-order valence-electron chi connectivity index (χ0n) is 14.5. The molecule has 2 heterocycles. The largest absolute Gasteiger partial charge is 0.453 e. The van der Waals surface area contributed by atoms with Crippen LogP contribution in [0.25, 0.3) is 22.2 Å². The SMILES string of the molecule is Cc1cccc2c(=O)[nH]c(COC(=O)c3cc(-c4ccccc4)n[nH]3)nc12. The first-order valence-corrected chi connectivity index (χ1v) is 8.38. The molecule has 7 heteroatoms. The van der Waals surface area contributed by atoms with E-state index in [9.17, 15) is 9.59 Å². The van der Waals surface area contributed by atoms with Gasteiger partial charge in [0.15, 0.2) is 0 Å². The normalized spacial score (nSPS) is 10.9. The molecule has 0 radical (unpaired) electrons. The molecule has 2 aromatic heterocycles. The third kappa shape index (κ3) is 3.35. The Balaban J connectivity index is 1.52. The number of benzene rings is 2. The van der Waals surface area contributed by atoms with Gasteiger partial charge in [-0.25, -0.2) is 9.78 Å². The maximum Gasteiger partial charge on any atom is 0.356 e. The van der Waals surface area contributed by atoms with Crippen molar-refractivity contribution in [2.75, 3.05) is 0 Å². The van der Waals surface area contributed by atoms with Crippen molar-refractivity contribution in [1.82, 2.24) is 20.2 Å². The van der Waals surface area contributed by atoms with Crippen molar-refractivity contribution >= 4 is 16.9 Å². The molecule has 0 atom stereocenters. The molecule has 4 aromatic rings. The van der Waals surface area contributed by atoms with E-state index >= 15 is 0 Å². The Kier molecular flexibility index (Phi) is 4.25. The molecule has 0 unspecified atom stereocenters. The average molecular weight is 360 g/mol. The van der Waals surface area contributed by atoms with Crippen LogP contribution >= 0.6 is 0 Å². The standard InChI is InChI=1S/C20H16N4O3/c1-12-6-5-9-14-18(12)21-17(22-19(14)25)11-27-20(26)16-10-15(23-24-16)13-7-3-2-4-8-13/h2-10H,11H2,1H3,(H,23,24)(H,21,22,25). The second kappa shape index (κ2) is 6.87. The number of nitrogens with zero attached hydrogens (tertiary/aromatic N) is 2. The number of aromatic amines is 2. The molecule has 134 valence electrons. The van der Waals surface area contributed by atoms with Crippen LogP contribution in [0.3, 0.4) is 0 Å². The zero-order chi connectivity index (χ0) is 18.8. The van der Waals surface area contributed by atoms with Crippen LogP contribution in [0.5, 0.6) is 0 Å². The second-order valence-electron chi connectivity index (χ2n) is 6.09. The van der Waals surface area contributed by atoms with Gasteiger partial charge in [0.1, 0.15) is 18.1 Å². The van der Waals surface area contributed by atoms with Gasteiger partial charge in [-0.15, -0.1) is 0 Å². The summed E-state index contributed by atoms with van der Waals surface area (Å²) in [6.45, 7) is 1.73. The summed E-state index contributed by atoms with van der Waals surface area (Å²) in [5, 5.41) is 7.31. The van der Waals surface area contributed by atoms with Gasteiger partial charge < -0.3 is 9.72 Å². The Morgan fingerprint density at radius 1 is 1.11 bits per heavy atom. The van der Waals surface area contributed by atoms with E-state index in [1.165, 1.54) is 0 Å². The predicted octanol–water partition coefficient (Wildman–Crippen LogP) is 2.98. The van der Waals surface area contributed by atoms with Gasteiger partial charge in [-0.05, 0) is 24.6 Å². The fraction of sp³-hybridized carbons (Fsp3) is 0.100. The number of hydrogen-bond donors (Lipinski definition) is 2. The van der Waals surface area contributed by atoms with Gasteiger partial charge in [-0.2, -0.15) is 5.10 Å². The molecule has 7 nitrogen and oxygen atoms in total. The van der Waals surface area contributed by atoms with Crippen LogP contribution < -0.4 is 5.56 Å². The lowest BCUT2D eigenvalue weighted by molar-refractivity contribution is 0.0455. The van der Waals surface area contributed by atoms with Crippen LogP contribution in [0.4, 0.5) is 0 Å². The van der Waals surface area contributed by atoms with Crippen LogP contribution in [0.15, 0.2) is 59.4 Å². The predicted molar refractivity (Wildman–Crippen MR) is 100 cm³/mol. The molecule has 0 amide bonds. The van der Waals surface area contributed by atoms with Crippen LogP contribution in [-0.2, 0) is 11.3 Å². The van der Waals surface area contributed by atoms with E-state index in [1.807, 2.05) is 43.3 Å². The average Bonchev–Trinajstić information content (AvgIpc) is 3.18. The lowest BCUT2D eigenvalue weighted by atomic mass is 10.1. The van der Waals surface area contributed by atoms with Gasteiger partial charge in [0.2, 0.25) is 0 Å². The first-order chi connectivity index (χ1) is 13.1. The molecule has 4 rings (SSSR count). The number of hydrogen-bond acceptors (Lipinski definition) is 5. The maximum atomic E-state index is 12.3. The Labute approximate surface area is 154 Å². The number of rotatable bonds is 4. The topological polar surface area (TPSA) is 101 Å². The minimum Gasteiger partial charge on any atom is -0.453 e. The third-order valence-corrected chi connectivity index (χ3v) is 4.19. The van der Waals surface area contributed by atoms with Crippen molar-refractivity contribution in [2.24, 2.45) is 0 Å². The number of ether oxygens (including phenoxy) is 1. The van der Waals surface area contributed by atoms with Crippen LogP contribution in [0.2, 0.25) is 0 Å². The van der Waals surface area contributed by atoms with Crippen molar-refractivity contribution in [1.29, 1.82) is 0 Å². The van der Waals surface area contributed by atoms with Gasteiger partial charge in [0, 0.05) is 5.56 Å². The second-order valence-corrected chi connectivity index (χ2v) is 6.09. The van der Waals surface area contributed by atoms with E-state index in [-0.39, 0.29) is 23.7 Å². The quantitative estimate of drug-likeness (QED) is 0.545. The Bertz CT molecular complexity index is 1180. The number of fused-ring (bicyclic) bond motifs is 1. The van der Waals surface area contributed by atoms with E-state index in [2.05, 4.69) is 20.2 Å². The third-order valence-electron chi connectivity index (χ3n) is 4.19. The Morgan fingerprint density at radius 2 is 1.93 bits per heavy atom. The monoisotopic (exact) mass is 360 g/mol. The molecular formula is C20H16N4O3. The van der Waals surface area contributed by atoms with Crippen molar-refractivity contribution in [3.63, 3.8) is 0 Å². The van der Waals surface area contributed by atoms with Gasteiger partial charge in [-0.3, -0.25) is 9.89 Å². The fourth-order valence-electron chi connectivity index (χ4n) is 2.81.